The van der Waals surface area contributed by atoms with E-state index in [1.54, 1.807) is 6.07 Å². The van der Waals surface area contributed by atoms with Crippen LogP contribution in [0.5, 0.6) is 0 Å². The minimum absolute atomic E-state index is 0.0195. The highest BCUT2D eigenvalue weighted by Crippen LogP contribution is 2.17. The van der Waals surface area contributed by atoms with Gasteiger partial charge in [-0.05, 0) is 30.5 Å². The summed E-state index contributed by atoms with van der Waals surface area (Å²) in [7, 11) is 0. The van der Waals surface area contributed by atoms with Crippen LogP contribution in [0.3, 0.4) is 0 Å². The van der Waals surface area contributed by atoms with E-state index in [4.69, 9.17) is 0 Å². The van der Waals surface area contributed by atoms with Crippen LogP contribution < -0.4 is 5.32 Å². The standard InChI is InChI=1S/C13H19F2NO/c1-8(2)13(7-17)16-9(3)10-4-5-11(14)12(15)6-10/h4-6,8-9,13,16-17H,7H2,1-3H3. The van der Waals surface area contributed by atoms with Gasteiger partial charge in [-0.2, -0.15) is 0 Å². The molecule has 0 aliphatic carbocycles. The molecule has 0 aromatic heterocycles. The lowest BCUT2D eigenvalue weighted by Crippen LogP contribution is -2.38. The van der Waals surface area contributed by atoms with Gasteiger partial charge in [0.2, 0.25) is 0 Å². The molecule has 2 unspecified atom stereocenters. The molecule has 0 saturated carbocycles. The van der Waals surface area contributed by atoms with Crippen LogP contribution in [0.25, 0.3) is 0 Å². The van der Waals surface area contributed by atoms with Gasteiger partial charge in [0.25, 0.3) is 0 Å². The van der Waals surface area contributed by atoms with Crippen molar-refractivity contribution in [3.63, 3.8) is 0 Å². The smallest absolute Gasteiger partial charge is 0.159 e. The maximum atomic E-state index is 13.1. The second kappa shape index (κ2) is 6.07. The highest BCUT2D eigenvalue weighted by atomic mass is 19.2. The second-order valence-corrected chi connectivity index (χ2v) is 4.59. The van der Waals surface area contributed by atoms with Gasteiger partial charge >= 0.3 is 0 Å². The molecule has 0 saturated heterocycles. The first kappa shape index (κ1) is 14.1. The minimum Gasteiger partial charge on any atom is -0.395 e. The lowest BCUT2D eigenvalue weighted by molar-refractivity contribution is 0.201. The lowest BCUT2D eigenvalue weighted by atomic mass is 10.0. The number of rotatable bonds is 5. The zero-order valence-electron chi connectivity index (χ0n) is 10.4. The molecule has 1 aromatic rings. The predicted octanol–water partition coefficient (Wildman–Crippen LogP) is 2.63. The molecular weight excluding hydrogens is 224 g/mol. The maximum Gasteiger partial charge on any atom is 0.159 e. The number of aliphatic hydroxyl groups excluding tert-OH is 1. The van der Waals surface area contributed by atoms with Gasteiger partial charge in [0.15, 0.2) is 11.6 Å². The molecule has 2 N–H and O–H groups in total. The summed E-state index contributed by atoms with van der Waals surface area (Å²) < 4.78 is 25.8. The summed E-state index contributed by atoms with van der Waals surface area (Å²) in [4.78, 5) is 0. The largest absolute Gasteiger partial charge is 0.395 e. The Morgan fingerprint density at radius 2 is 1.82 bits per heavy atom. The summed E-state index contributed by atoms with van der Waals surface area (Å²) in [6.07, 6.45) is 0. The van der Waals surface area contributed by atoms with Gasteiger partial charge in [-0.3, -0.25) is 0 Å². The van der Waals surface area contributed by atoms with Gasteiger partial charge in [-0.25, -0.2) is 8.78 Å². The van der Waals surface area contributed by atoms with Crippen LogP contribution in [-0.2, 0) is 0 Å². The van der Waals surface area contributed by atoms with E-state index >= 15 is 0 Å². The molecule has 96 valence electrons. The lowest BCUT2D eigenvalue weighted by Gasteiger charge is -2.25. The number of halogens is 2. The van der Waals surface area contributed by atoms with Gasteiger partial charge in [0, 0.05) is 12.1 Å². The van der Waals surface area contributed by atoms with Crippen LogP contribution in [0.15, 0.2) is 18.2 Å². The van der Waals surface area contributed by atoms with Crippen molar-refractivity contribution in [2.45, 2.75) is 32.9 Å². The molecular formula is C13H19F2NO. The molecule has 4 heteroatoms. The number of benzene rings is 1. The van der Waals surface area contributed by atoms with E-state index in [1.807, 2.05) is 20.8 Å². The van der Waals surface area contributed by atoms with Crippen molar-refractivity contribution in [2.75, 3.05) is 6.61 Å². The van der Waals surface area contributed by atoms with Crippen LogP contribution >= 0.6 is 0 Å². The highest BCUT2D eigenvalue weighted by Gasteiger charge is 2.16. The fraction of sp³-hybridized carbons (Fsp3) is 0.538. The number of hydrogen-bond donors (Lipinski definition) is 2. The average Bonchev–Trinajstić information content (AvgIpc) is 2.28. The molecule has 1 aromatic carbocycles. The molecule has 0 bridgehead atoms. The average molecular weight is 243 g/mol. The summed E-state index contributed by atoms with van der Waals surface area (Å²) in [5.74, 6) is -1.42. The zero-order chi connectivity index (χ0) is 13.0. The Morgan fingerprint density at radius 3 is 2.29 bits per heavy atom. The van der Waals surface area contributed by atoms with E-state index in [-0.39, 0.29) is 24.6 Å². The first-order chi connectivity index (χ1) is 7.95. The van der Waals surface area contributed by atoms with Crippen LogP contribution in [0.2, 0.25) is 0 Å². The summed E-state index contributed by atoms with van der Waals surface area (Å²) in [5.41, 5.74) is 0.669. The topological polar surface area (TPSA) is 32.3 Å². The fourth-order valence-corrected chi connectivity index (χ4v) is 1.66. The van der Waals surface area contributed by atoms with Gasteiger partial charge in [0.1, 0.15) is 0 Å². The first-order valence-corrected chi connectivity index (χ1v) is 5.77. The minimum atomic E-state index is -0.846. The van der Waals surface area contributed by atoms with E-state index < -0.39 is 11.6 Å². The van der Waals surface area contributed by atoms with Crippen molar-refractivity contribution < 1.29 is 13.9 Å². The molecule has 0 heterocycles. The Hall–Kier alpha value is -1.00. The number of aliphatic hydroxyl groups is 1. The van der Waals surface area contributed by atoms with E-state index in [0.717, 1.165) is 6.07 Å². The molecule has 1 rings (SSSR count). The van der Waals surface area contributed by atoms with E-state index in [2.05, 4.69) is 5.32 Å². The molecule has 0 aliphatic heterocycles. The maximum absolute atomic E-state index is 13.1. The third-order valence-corrected chi connectivity index (χ3v) is 2.91. The third-order valence-electron chi connectivity index (χ3n) is 2.91. The molecule has 0 amide bonds. The zero-order valence-corrected chi connectivity index (χ0v) is 10.4. The van der Waals surface area contributed by atoms with Crippen LogP contribution in [0.4, 0.5) is 8.78 Å². The molecule has 2 atom stereocenters. The predicted molar refractivity (Wildman–Crippen MR) is 63.6 cm³/mol. The molecule has 0 radical (unpaired) electrons. The number of nitrogens with one attached hydrogen (secondary N) is 1. The SMILES string of the molecule is CC(NC(CO)C(C)C)c1ccc(F)c(F)c1. The van der Waals surface area contributed by atoms with Crippen molar-refractivity contribution in [3.8, 4) is 0 Å². The molecule has 2 nitrogen and oxygen atoms in total. The monoisotopic (exact) mass is 243 g/mol. The molecule has 17 heavy (non-hydrogen) atoms. The van der Waals surface area contributed by atoms with Gasteiger partial charge in [-0.1, -0.05) is 19.9 Å². The Balaban J connectivity index is 2.75. The quantitative estimate of drug-likeness (QED) is 0.833. The Labute approximate surface area is 101 Å². The van der Waals surface area contributed by atoms with E-state index in [9.17, 15) is 13.9 Å². The molecule has 0 aliphatic rings. The van der Waals surface area contributed by atoms with Crippen molar-refractivity contribution in [2.24, 2.45) is 5.92 Å². The summed E-state index contributed by atoms with van der Waals surface area (Å²) in [5, 5.41) is 12.4. The molecule has 0 spiro atoms. The van der Waals surface area contributed by atoms with Gasteiger partial charge in [0.05, 0.1) is 6.61 Å². The van der Waals surface area contributed by atoms with Crippen molar-refractivity contribution in [1.29, 1.82) is 0 Å². The van der Waals surface area contributed by atoms with Crippen molar-refractivity contribution in [1.82, 2.24) is 5.32 Å². The van der Waals surface area contributed by atoms with Crippen LogP contribution in [0, 0.1) is 17.6 Å². The summed E-state index contributed by atoms with van der Waals surface area (Å²) in [6, 6.07) is 3.65. The van der Waals surface area contributed by atoms with Crippen LogP contribution in [-0.4, -0.2) is 17.8 Å². The molecule has 0 fully saturated rings. The Kier molecular flexibility index (Phi) is 5.02. The normalized spacial score (nSPS) is 15.0. The van der Waals surface area contributed by atoms with Crippen molar-refractivity contribution >= 4 is 0 Å². The third kappa shape index (κ3) is 3.75. The van der Waals surface area contributed by atoms with Crippen LogP contribution in [0.1, 0.15) is 32.4 Å². The Bertz CT molecular complexity index is 368. The van der Waals surface area contributed by atoms with E-state index in [0.29, 0.717) is 5.56 Å². The summed E-state index contributed by atoms with van der Waals surface area (Å²) >= 11 is 0. The highest BCUT2D eigenvalue weighted by molar-refractivity contribution is 5.20. The fourth-order valence-electron chi connectivity index (χ4n) is 1.66. The Morgan fingerprint density at radius 1 is 1.18 bits per heavy atom. The van der Waals surface area contributed by atoms with Gasteiger partial charge < -0.3 is 10.4 Å². The van der Waals surface area contributed by atoms with Crippen molar-refractivity contribution in [3.05, 3.63) is 35.4 Å². The summed E-state index contributed by atoms with van der Waals surface area (Å²) in [6.45, 7) is 5.86. The van der Waals surface area contributed by atoms with Gasteiger partial charge in [-0.15, -0.1) is 0 Å². The second-order valence-electron chi connectivity index (χ2n) is 4.59. The van der Waals surface area contributed by atoms with E-state index in [1.165, 1.54) is 6.07 Å². The first-order valence-electron chi connectivity index (χ1n) is 5.77. The number of hydrogen-bond acceptors (Lipinski definition) is 2.